The highest BCUT2D eigenvalue weighted by Gasteiger charge is 2.18. The van der Waals surface area contributed by atoms with Gasteiger partial charge in [-0.1, -0.05) is 0 Å². The number of fused-ring (bicyclic) bond motifs is 5. The number of aryl methyl sites for hydroxylation is 1. The van der Waals surface area contributed by atoms with Crippen molar-refractivity contribution in [2.24, 2.45) is 0 Å². The van der Waals surface area contributed by atoms with Gasteiger partial charge in [-0.25, -0.2) is 0 Å². The Morgan fingerprint density at radius 3 is 2.35 bits per heavy atom. The van der Waals surface area contributed by atoms with Crippen molar-refractivity contribution >= 4 is 119 Å². The molecule has 0 amide bonds. The van der Waals surface area contributed by atoms with E-state index >= 15 is 0 Å². The van der Waals surface area contributed by atoms with Gasteiger partial charge in [0.15, 0.2) is 0 Å². The van der Waals surface area contributed by atoms with E-state index in [1.807, 2.05) is 45.3 Å². The minimum atomic E-state index is 1.40. The number of halogens is 2. The van der Waals surface area contributed by atoms with Gasteiger partial charge in [0.1, 0.15) is 0 Å². The minimum Gasteiger partial charge on any atom is -0.132 e. The third-order valence-corrected chi connectivity index (χ3v) is 10.3. The van der Waals surface area contributed by atoms with Gasteiger partial charge >= 0.3 is 0 Å². The smallest absolute Gasteiger partial charge is 0.0704 e. The summed E-state index contributed by atoms with van der Waals surface area (Å²) in [6.07, 6.45) is 0. The first-order chi connectivity index (χ1) is 8.15. The average molecular weight is 518 g/mol. The lowest BCUT2D eigenvalue weighted by molar-refractivity contribution is 1.59. The molecule has 0 radical (unpaired) electrons. The Morgan fingerprint density at radius 2 is 1.53 bits per heavy atom. The maximum absolute atomic E-state index is 2.46. The lowest BCUT2D eigenvalue weighted by Gasteiger charge is -1.83. The highest BCUT2D eigenvalue weighted by atomic mass is 127. The van der Waals surface area contributed by atoms with Crippen LogP contribution in [0, 0.1) is 12.7 Å². The topological polar surface area (TPSA) is 0 Å². The normalized spacial score (nSPS) is 12.4. The maximum Gasteiger partial charge on any atom is 0.0704 e. The molecule has 4 aromatic rings. The van der Waals surface area contributed by atoms with E-state index in [-0.39, 0.29) is 0 Å². The summed E-state index contributed by atoms with van der Waals surface area (Å²) in [6, 6.07) is 2.31. The number of thiophene rings is 4. The zero-order valence-corrected chi connectivity index (χ0v) is 16.0. The molecule has 0 bridgehead atoms. The van der Waals surface area contributed by atoms with Gasteiger partial charge < -0.3 is 0 Å². The quantitative estimate of drug-likeness (QED) is 0.222. The molecule has 0 saturated heterocycles. The monoisotopic (exact) mass is 518 g/mol. The van der Waals surface area contributed by atoms with Crippen LogP contribution in [0.5, 0.6) is 0 Å². The van der Waals surface area contributed by atoms with Crippen LogP contribution in [0.4, 0.5) is 0 Å². The molecule has 4 heterocycles. The van der Waals surface area contributed by atoms with Gasteiger partial charge in [-0.05, 0) is 63.7 Å². The third-order valence-electron chi connectivity index (χ3n) is 2.74. The molecule has 0 atom stereocenters. The van der Waals surface area contributed by atoms with E-state index < -0.39 is 0 Å². The van der Waals surface area contributed by atoms with Crippen molar-refractivity contribution in [3.8, 4) is 0 Å². The van der Waals surface area contributed by atoms with Crippen LogP contribution in [-0.4, -0.2) is 0 Å². The fourth-order valence-electron chi connectivity index (χ4n) is 1.93. The van der Waals surface area contributed by atoms with Crippen LogP contribution >= 0.6 is 90.5 Å². The second-order valence-electron chi connectivity index (χ2n) is 3.77. The van der Waals surface area contributed by atoms with Crippen LogP contribution < -0.4 is 0 Å². The number of hydrogen-bond donors (Lipinski definition) is 0. The summed E-state index contributed by atoms with van der Waals surface area (Å²) in [4.78, 5) is 0. The van der Waals surface area contributed by atoms with Gasteiger partial charge in [-0.3, -0.25) is 0 Å². The van der Waals surface area contributed by atoms with Crippen molar-refractivity contribution in [2.45, 2.75) is 6.92 Å². The SMILES string of the molecule is Cc1c(I)sc2c1sc1c3sc(I)cc3sc21. The largest absolute Gasteiger partial charge is 0.132 e. The van der Waals surface area contributed by atoms with Crippen LogP contribution in [-0.2, 0) is 0 Å². The van der Waals surface area contributed by atoms with Crippen LogP contribution in [0.25, 0.3) is 28.2 Å². The molecule has 0 nitrogen and oxygen atoms in total. The molecule has 0 spiro atoms. The zero-order chi connectivity index (χ0) is 11.7. The van der Waals surface area contributed by atoms with Gasteiger partial charge in [0.05, 0.1) is 29.3 Å². The van der Waals surface area contributed by atoms with Gasteiger partial charge in [-0.15, -0.1) is 45.3 Å². The van der Waals surface area contributed by atoms with E-state index in [4.69, 9.17) is 0 Å². The summed E-state index contributed by atoms with van der Waals surface area (Å²) in [5, 5.41) is 0. The van der Waals surface area contributed by atoms with Gasteiger partial charge in [0.2, 0.25) is 0 Å². The van der Waals surface area contributed by atoms with Gasteiger partial charge in [-0.2, -0.15) is 0 Å². The predicted octanol–water partition coefficient (Wildman–Crippen LogP) is 6.91. The maximum atomic E-state index is 2.46. The molecule has 0 unspecified atom stereocenters. The van der Waals surface area contributed by atoms with E-state index in [1.165, 1.54) is 39.5 Å². The highest BCUT2D eigenvalue weighted by Crippen LogP contribution is 2.50. The molecule has 17 heavy (non-hydrogen) atoms. The fourth-order valence-corrected chi connectivity index (χ4v) is 9.51. The van der Waals surface area contributed by atoms with Crippen LogP contribution in [0.3, 0.4) is 0 Å². The lowest BCUT2D eigenvalue weighted by atomic mass is 10.3. The molecule has 0 N–H and O–H groups in total. The first-order valence-corrected chi connectivity index (χ1v) is 10.3. The summed E-state index contributed by atoms with van der Waals surface area (Å²) in [5.41, 5.74) is 1.47. The molecule has 86 valence electrons. The Bertz CT molecular complexity index is 874. The van der Waals surface area contributed by atoms with E-state index in [1.54, 1.807) is 0 Å². The lowest BCUT2D eigenvalue weighted by Crippen LogP contribution is -1.62. The standard InChI is InChI=1S/C11H4I2S4/c1-3-6-8(17-11(3)13)10-9(16-6)7-4(14-10)2-5(12)15-7/h2H,1H3. The second kappa shape index (κ2) is 4.02. The molecule has 6 heteroatoms. The van der Waals surface area contributed by atoms with Gasteiger partial charge in [0, 0.05) is 4.70 Å². The van der Waals surface area contributed by atoms with Crippen molar-refractivity contribution in [3.05, 3.63) is 17.4 Å². The molecule has 0 aliphatic rings. The zero-order valence-electron chi connectivity index (χ0n) is 8.47. The summed E-state index contributed by atoms with van der Waals surface area (Å²) in [7, 11) is 0. The van der Waals surface area contributed by atoms with E-state index in [9.17, 15) is 0 Å². The molecule has 0 aliphatic carbocycles. The molecular weight excluding hydrogens is 514 g/mol. The van der Waals surface area contributed by atoms with Crippen molar-refractivity contribution in [1.29, 1.82) is 0 Å². The fraction of sp³-hybridized carbons (Fsp3) is 0.0909. The molecule has 4 aromatic heterocycles. The van der Waals surface area contributed by atoms with Crippen LogP contribution in [0.15, 0.2) is 6.07 Å². The first-order valence-electron chi connectivity index (χ1n) is 4.84. The van der Waals surface area contributed by atoms with Crippen LogP contribution in [0.1, 0.15) is 5.56 Å². The Morgan fingerprint density at radius 1 is 0.824 bits per heavy atom. The molecule has 0 aromatic carbocycles. The second-order valence-corrected chi connectivity index (χ2v) is 11.6. The van der Waals surface area contributed by atoms with Gasteiger partial charge in [0.25, 0.3) is 0 Å². The Kier molecular flexibility index (Phi) is 2.80. The van der Waals surface area contributed by atoms with Crippen molar-refractivity contribution in [3.63, 3.8) is 0 Å². The molecule has 0 aliphatic heterocycles. The Balaban J connectivity index is 2.28. The third kappa shape index (κ3) is 1.60. The first kappa shape index (κ1) is 11.8. The Hall–Kier alpha value is 1.04. The highest BCUT2D eigenvalue weighted by molar-refractivity contribution is 14.1. The Labute approximate surface area is 141 Å². The number of hydrogen-bond acceptors (Lipinski definition) is 4. The molecule has 0 saturated carbocycles. The summed E-state index contributed by atoms with van der Waals surface area (Å²) < 4.78 is 11.8. The predicted molar refractivity (Wildman–Crippen MR) is 101 cm³/mol. The van der Waals surface area contributed by atoms with Crippen molar-refractivity contribution in [1.82, 2.24) is 0 Å². The van der Waals surface area contributed by atoms with E-state index in [2.05, 4.69) is 58.2 Å². The minimum absolute atomic E-state index is 1.40. The summed E-state index contributed by atoms with van der Waals surface area (Å²) in [6.45, 7) is 2.25. The molecule has 4 rings (SSSR count). The van der Waals surface area contributed by atoms with E-state index in [0.717, 1.165) is 0 Å². The number of rotatable bonds is 0. The van der Waals surface area contributed by atoms with Crippen molar-refractivity contribution < 1.29 is 0 Å². The summed E-state index contributed by atoms with van der Waals surface area (Å²) in [5.74, 6) is 0. The average Bonchev–Trinajstić information content (AvgIpc) is 2.92. The summed E-state index contributed by atoms with van der Waals surface area (Å²) >= 11 is 12.7. The van der Waals surface area contributed by atoms with Crippen LogP contribution in [0.2, 0.25) is 0 Å². The molecular formula is C11H4I2S4. The van der Waals surface area contributed by atoms with Crippen molar-refractivity contribution in [2.75, 3.05) is 0 Å². The molecule has 0 fully saturated rings. The van der Waals surface area contributed by atoms with E-state index in [0.29, 0.717) is 0 Å².